The molecule has 3 rings (SSSR count). The largest absolute Gasteiger partial charge is 0.444 e. The highest BCUT2D eigenvalue weighted by atomic mass is 32.2. The first-order valence-electron chi connectivity index (χ1n) is 13.5. The number of carbonyl (C=O) groups is 3. The quantitative estimate of drug-likeness (QED) is 0.237. The fraction of sp³-hybridized carbons (Fsp3) is 0.367. The average Bonchev–Trinajstić information content (AvgIpc) is 2.91. The van der Waals surface area contributed by atoms with Gasteiger partial charge >= 0.3 is 6.09 Å². The zero-order chi connectivity index (χ0) is 30.0. The number of alkyl carbamates (subject to hydrolysis) is 1. The molecule has 3 aromatic rings. The minimum atomic E-state index is -3.73. The third-order valence-corrected chi connectivity index (χ3v) is 7.63. The van der Waals surface area contributed by atoms with Gasteiger partial charge in [0.25, 0.3) is 0 Å². The van der Waals surface area contributed by atoms with E-state index in [1.54, 1.807) is 51.1 Å². The van der Waals surface area contributed by atoms with Gasteiger partial charge in [0.05, 0.1) is 11.3 Å². The molecule has 0 aliphatic heterocycles. The van der Waals surface area contributed by atoms with Crippen molar-refractivity contribution >= 4 is 44.4 Å². The van der Waals surface area contributed by atoms with Crippen molar-refractivity contribution in [1.29, 1.82) is 0 Å². The molecule has 11 heteroatoms. The van der Waals surface area contributed by atoms with E-state index in [2.05, 4.69) is 20.7 Å². The summed E-state index contributed by atoms with van der Waals surface area (Å²) in [4.78, 5) is 38.2. The topological polar surface area (TPSA) is 143 Å². The van der Waals surface area contributed by atoms with Crippen molar-refractivity contribution in [3.8, 4) is 0 Å². The molecule has 0 bridgehead atoms. The molecule has 4 N–H and O–H groups in total. The normalized spacial score (nSPS) is 12.4. The van der Waals surface area contributed by atoms with Crippen LogP contribution in [0.1, 0.15) is 45.6 Å². The minimum Gasteiger partial charge on any atom is -0.444 e. The summed E-state index contributed by atoms with van der Waals surface area (Å²) in [6, 6.07) is 18.3. The van der Waals surface area contributed by atoms with Crippen molar-refractivity contribution in [3.63, 3.8) is 0 Å². The first kappa shape index (κ1) is 31.6. The SMILES string of the molecule is CNS(=O)(=O)c1cccc2c(NC(=O)C(CCCCNC(=O)Cc3ccccc3)NC(=O)OC(C)(C)C)cccc12. The fourth-order valence-electron chi connectivity index (χ4n) is 4.22. The molecule has 1 atom stereocenters. The third-order valence-electron chi connectivity index (χ3n) is 6.15. The van der Waals surface area contributed by atoms with E-state index in [1.807, 2.05) is 30.3 Å². The monoisotopic (exact) mass is 582 g/mol. The maximum atomic E-state index is 13.4. The van der Waals surface area contributed by atoms with Gasteiger partial charge in [0.1, 0.15) is 11.6 Å². The lowest BCUT2D eigenvalue weighted by molar-refractivity contribution is -0.120. The molecule has 0 aromatic heterocycles. The molecule has 41 heavy (non-hydrogen) atoms. The van der Waals surface area contributed by atoms with Crippen LogP contribution in [0.2, 0.25) is 0 Å². The Kier molecular flexibility index (Phi) is 10.8. The molecule has 0 saturated heterocycles. The predicted molar refractivity (Wildman–Crippen MR) is 159 cm³/mol. The molecule has 0 heterocycles. The summed E-state index contributed by atoms with van der Waals surface area (Å²) in [6.07, 6.45) is 0.992. The summed E-state index contributed by atoms with van der Waals surface area (Å²) in [5.41, 5.74) is 0.580. The summed E-state index contributed by atoms with van der Waals surface area (Å²) >= 11 is 0. The Morgan fingerprint density at radius 3 is 2.24 bits per heavy atom. The molecule has 0 spiro atoms. The highest BCUT2D eigenvalue weighted by Gasteiger charge is 2.25. The van der Waals surface area contributed by atoms with Crippen LogP contribution in [-0.4, -0.2) is 51.6 Å². The zero-order valence-electron chi connectivity index (χ0n) is 23.8. The lowest BCUT2D eigenvalue weighted by Crippen LogP contribution is -2.45. The predicted octanol–water partition coefficient (Wildman–Crippen LogP) is 4.11. The molecule has 3 amide bonds. The molecule has 0 fully saturated rings. The Bertz CT molecular complexity index is 1470. The number of anilines is 1. The maximum absolute atomic E-state index is 13.4. The summed E-state index contributed by atoms with van der Waals surface area (Å²) in [5, 5.41) is 9.36. The standard InChI is InChI=1S/C30H38N4O6S/c1-30(2,3)40-29(37)34-25(16-8-9-19-32-27(35)20-21-12-6-5-7-13-21)28(36)33-24-17-10-15-23-22(24)14-11-18-26(23)41(38,39)31-4/h5-7,10-15,17-18,25,31H,8-9,16,19-20H2,1-4H3,(H,32,35)(H,33,36)(H,34,37). The number of hydrogen-bond acceptors (Lipinski definition) is 6. The van der Waals surface area contributed by atoms with Crippen molar-refractivity contribution < 1.29 is 27.5 Å². The van der Waals surface area contributed by atoms with E-state index in [0.29, 0.717) is 42.3 Å². The summed E-state index contributed by atoms with van der Waals surface area (Å²) in [5.74, 6) is -0.564. The highest BCUT2D eigenvalue weighted by Crippen LogP contribution is 2.29. The van der Waals surface area contributed by atoms with Crippen molar-refractivity contribution in [2.45, 2.75) is 63.0 Å². The van der Waals surface area contributed by atoms with Gasteiger partial charge in [-0.1, -0.05) is 54.6 Å². The molecule has 1 unspecified atom stereocenters. The molecule has 220 valence electrons. The molecule has 0 radical (unpaired) electrons. The van der Waals surface area contributed by atoms with E-state index < -0.39 is 33.7 Å². The number of amides is 3. The van der Waals surface area contributed by atoms with Crippen molar-refractivity contribution in [1.82, 2.24) is 15.4 Å². The second kappa shape index (κ2) is 14.1. The van der Waals surface area contributed by atoms with E-state index in [1.165, 1.54) is 13.1 Å². The number of sulfonamides is 1. The number of benzene rings is 3. The van der Waals surface area contributed by atoms with E-state index in [9.17, 15) is 22.8 Å². The number of unbranched alkanes of at least 4 members (excludes halogenated alkanes) is 1. The summed E-state index contributed by atoms with van der Waals surface area (Å²) < 4.78 is 32.7. The van der Waals surface area contributed by atoms with Gasteiger partial charge in [-0.3, -0.25) is 9.59 Å². The summed E-state index contributed by atoms with van der Waals surface area (Å²) in [6.45, 7) is 5.62. The maximum Gasteiger partial charge on any atom is 0.408 e. The lowest BCUT2D eigenvalue weighted by atomic mass is 10.1. The van der Waals surface area contributed by atoms with E-state index in [-0.39, 0.29) is 17.2 Å². The van der Waals surface area contributed by atoms with Crippen LogP contribution in [0.3, 0.4) is 0 Å². The second-order valence-electron chi connectivity index (χ2n) is 10.6. The Hall–Kier alpha value is -3.96. The van der Waals surface area contributed by atoms with Crippen molar-refractivity contribution in [2.24, 2.45) is 0 Å². The number of ether oxygens (including phenoxy) is 1. The highest BCUT2D eigenvalue weighted by molar-refractivity contribution is 7.89. The number of hydrogen-bond donors (Lipinski definition) is 4. The van der Waals surface area contributed by atoms with Crippen LogP contribution < -0.4 is 20.7 Å². The minimum absolute atomic E-state index is 0.0892. The van der Waals surface area contributed by atoms with Crippen LogP contribution in [0.5, 0.6) is 0 Å². The Morgan fingerprint density at radius 2 is 1.56 bits per heavy atom. The van der Waals surface area contributed by atoms with E-state index >= 15 is 0 Å². The average molecular weight is 583 g/mol. The van der Waals surface area contributed by atoms with Crippen LogP contribution >= 0.6 is 0 Å². The van der Waals surface area contributed by atoms with Gasteiger partial charge in [-0.05, 0) is 64.8 Å². The van der Waals surface area contributed by atoms with Crippen LogP contribution in [0.15, 0.2) is 71.6 Å². The molecule has 0 aliphatic carbocycles. The van der Waals surface area contributed by atoms with Crippen LogP contribution in [-0.2, 0) is 30.8 Å². The second-order valence-corrected chi connectivity index (χ2v) is 12.4. The van der Waals surface area contributed by atoms with Crippen LogP contribution in [0, 0.1) is 0 Å². The Morgan fingerprint density at radius 1 is 0.878 bits per heavy atom. The molecular weight excluding hydrogens is 544 g/mol. The first-order chi connectivity index (χ1) is 19.4. The van der Waals surface area contributed by atoms with Gasteiger partial charge in [0.15, 0.2) is 0 Å². The fourth-order valence-corrected chi connectivity index (χ4v) is 5.16. The van der Waals surface area contributed by atoms with Gasteiger partial charge in [0.2, 0.25) is 21.8 Å². The lowest BCUT2D eigenvalue weighted by Gasteiger charge is -2.23. The molecule has 0 aliphatic rings. The van der Waals surface area contributed by atoms with Gasteiger partial charge in [0, 0.05) is 23.0 Å². The molecular formula is C30H38N4O6S. The molecule has 10 nitrogen and oxygen atoms in total. The van der Waals surface area contributed by atoms with Gasteiger partial charge < -0.3 is 20.7 Å². The van der Waals surface area contributed by atoms with E-state index in [4.69, 9.17) is 4.74 Å². The van der Waals surface area contributed by atoms with Crippen LogP contribution in [0.4, 0.5) is 10.5 Å². The van der Waals surface area contributed by atoms with Gasteiger partial charge in [-0.25, -0.2) is 17.9 Å². The number of fused-ring (bicyclic) bond motifs is 1. The first-order valence-corrected chi connectivity index (χ1v) is 14.9. The number of carbonyl (C=O) groups excluding carboxylic acids is 3. The number of rotatable bonds is 12. The Labute approximate surface area is 241 Å². The molecule has 3 aromatic carbocycles. The molecule has 0 saturated carbocycles. The smallest absolute Gasteiger partial charge is 0.408 e. The van der Waals surface area contributed by atoms with Crippen molar-refractivity contribution in [3.05, 3.63) is 72.3 Å². The van der Waals surface area contributed by atoms with Crippen LogP contribution in [0.25, 0.3) is 10.8 Å². The number of nitrogens with one attached hydrogen (secondary N) is 4. The Balaban J connectivity index is 1.68. The third kappa shape index (κ3) is 9.58. The van der Waals surface area contributed by atoms with Gasteiger partial charge in [-0.15, -0.1) is 0 Å². The van der Waals surface area contributed by atoms with Crippen molar-refractivity contribution in [2.75, 3.05) is 18.9 Å². The van der Waals surface area contributed by atoms with Gasteiger partial charge in [-0.2, -0.15) is 0 Å². The zero-order valence-corrected chi connectivity index (χ0v) is 24.6. The van der Waals surface area contributed by atoms with E-state index in [0.717, 1.165) is 5.56 Å². The summed E-state index contributed by atoms with van der Waals surface area (Å²) in [7, 11) is -2.39.